The van der Waals surface area contributed by atoms with Gasteiger partial charge >= 0.3 is 0 Å². The van der Waals surface area contributed by atoms with Crippen LogP contribution in [-0.4, -0.2) is 31.8 Å². The van der Waals surface area contributed by atoms with E-state index in [-0.39, 0.29) is 6.10 Å². The highest BCUT2D eigenvalue weighted by molar-refractivity contribution is 5.47. The SMILES string of the molecule is C(=NC1CCC(CC2CCCCC2)CC1)OC1CCOC1. The normalized spacial score (nSPS) is 35.3. The molecule has 1 unspecified atom stereocenters. The number of rotatable bonds is 5. The van der Waals surface area contributed by atoms with Gasteiger partial charge in [-0.05, 0) is 43.9 Å². The van der Waals surface area contributed by atoms with Crippen LogP contribution in [0, 0.1) is 11.8 Å². The molecule has 3 aliphatic rings. The lowest BCUT2D eigenvalue weighted by molar-refractivity contribution is 0.138. The Balaban J connectivity index is 1.31. The van der Waals surface area contributed by atoms with Gasteiger partial charge in [-0.3, -0.25) is 4.99 Å². The molecule has 0 bridgehead atoms. The van der Waals surface area contributed by atoms with Crippen LogP contribution in [0.25, 0.3) is 0 Å². The number of aliphatic imine (C=N–C) groups is 1. The Morgan fingerprint density at radius 3 is 2.38 bits per heavy atom. The van der Waals surface area contributed by atoms with Gasteiger partial charge in [0.15, 0.2) is 6.40 Å². The molecule has 1 atom stereocenters. The van der Waals surface area contributed by atoms with E-state index < -0.39 is 0 Å². The fraction of sp³-hybridized carbons (Fsp3) is 0.944. The zero-order valence-electron chi connectivity index (χ0n) is 13.3. The van der Waals surface area contributed by atoms with E-state index in [1.807, 2.05) is 0 Å². The van der Waals surface area contributed by atoms with Crippen LogP contribution in [0.1, 0.15) is 70.6 Å². The summed E-state index contributed by atoms with van der Waals surface area (Å²) in [6.07, 6.45) is 17.2. The lowest BCUT2D eigenvalue weighted by Gasteiger charge is -2.30. The van der Waals surface area contributed by atoms with Crippen molar-refractivity contribution in [2.24, 2.45) is 16.8 Å². The summed E-state index contributed by atoms with van der Waals surface area (Å²) in [5.41, 5.74) is 0. The third kappa shape index (κ3) is 4.98. The van der Waals surface area contributed by atoms with Gasteiger partial charge in [0.2, 0.25) is 0 Å². The van der Waals surface area contributed by atoms with Gasteiger partial charge in [-0.15, -0.1) is 0 Å². The Kier molecular flexibility index (Phi) is 5.96. The predicted molar refractivity (Wildman–Crippen MR) is 85.7 cm³/mol. The second-order valence-corrected chi connectivity index (χ2v) is 7.29. The summed E-state index contributed by atoms with van der Waals surface area (Å²) in [7, 11) is 0. The van der Waals surface area contributed by atoms with Crippen LogP contribution in [0.4, 0.5) is 0 Å². The highest BCUT2D eigenvalue weighted by Gasteiger charge is 2.24. The standard InChI is InChI=1S/C18H31NO2/c1-2-4-15(5-3-1)12-16-6-8-17(9-7-16)19-14-21-18-10-11-20-13-18/h14-18H,1-13H2. The van der Waals surface area contributed by atoms with Crippen molar-refractivity contribution in [3.05, 3.63) is 0 Å². The molecule has 2 saturated carbocycles. The minimum atomic E-state index is 0.247. The average molecular weight is 293 g/mol. The first-order valence-electron chi connectivity index (χ1n) is 9.15. The first-order valence-corrected chi connectivity index (χ1v) is 9.15. The minimum Gasteiger partial charge on any atom is -0.478 e. The molecule has 120 valence electrons. The van der Waals surface area contributed by atoms with E-state index in [4.69, 9.17) is 9.47 Å². The van der Waals surface area contributed by atoms with Crippen molar-refractivity contribution >= 4 is 6.40 Å². The molecule has 0 N–H and O–H groups in total. The van der Waals surface area contributed by atoms with Crippen LogP contribution < -0.4 is 0 Å². The Bertz CT molecular complexity index is 311. The van der Waals surface area contributed by atoms with Crippen LogP contribution in [0.5, 0.6) is 0 Å². The minimum absolute atomic E-state index is 0.247. The second kappa shape index (κ2) is 8.17. The monoisotopic (exact) mass is 293 g/mol. The summed E-state index contributed by atoms with van der Waals surface area (Å²) in [5, 5.41) is 0. The van der Waals surface area contributed by atoms with Gasteiger partial charge in [-0.25, -0.2) is 0 Å². The molecule has 0 radical (unpaired) electrons. The Hall–Kier alpha value is -0.570. The van der Waals surface area contributed by atoms with Crippen molar-refractivity contribution in [3.63, 3.8) is 0 Å². The summed E-state index contributed by atoms with van der Waals surface area (Å²) >= 11 is 0. The molecule has 0 aromatic carbocycles. The molecular weight excluding hydrogens is 262 g/mol. The molecule has 0 spiro atoms. The first-order chi connectivity index (χ1) is 10.4. The zero-order chi connectivity index (χ0) is 14.3. The molecule has 3 rings (SSSR count). The van der Waals surface area contributed by atoms with Crippen LogP contribution >= 0.6 is 0 Å². The van der Waals surface area contributed by atoms with Crippen molar-refractivity contribution in [2.45, 2.75) is 82.8 Å². The van der Waals surface area contributed by atoms with Crippen molar-refractivity contribution in [1.82, 2.24) is 0 Å². The highest BCUT2D eigenvalue weighted by atomic mass is 16.5. The second-order valence-electron chi connectivity index (χ2n) is 7.29. The number of hydrogen-bond donors (Lipinski definition) is 0. The first kappa shape index (κ1) is 15.3. The van der Waals surface area contributed by atoms with Gasteiger partial charge in [-0.2, -0.15) is 0 Å². The number of nitrogens with zero attached hydrogens (tertiary/aromatic N) is 1. The largest absolute Gasteiger partial charge is 0.478 e. The fourth-order valence-corrected chi connectivity index (χ4v) is 4.25. The van der Waals surface area contributed by atoms with Crippen molar-refractivity contribution < 1.29 is 9.47 Å². The molecule has 21 heavy (non-hydrogen) atoms. The molecule has 0 amide bonds. The lowest BCUT2D eigenvalue weighted by Crippen LogP contribution is -2.21. The number of ether oxygens (including phenoxy) is 2. The quantitative estimate of drug-likeness (QED) is 0.557. The molecule has 1 heterocycles. The van der Waals surface area contributed by atoms with Crippen molar-refractivity contribution in [2.75, 3.05) is 13.2 Å². The van der Waals surface area contributed by atoms with Gasteiger partial charge in [0, 0.05) is 6.42 Å². The summed E-state index contributed by atoms with van der Waals surface area (Å²) in [4.78, 5) is 4.63. The van der Waals surface area contributed by atoms with E-state index in [9.17, 15) is 0 Å². The third-order valence-corrected chi connectivity index (χ3v) is 5.62. The average Bonchev–Trinajstić information content (AvgIpc) is 3.03. The molecule has 2 aliphatic carbocycles. The third-order valence-electron chi connectivity index (χ3n) is 5.62. The smallest absolute Gasteiger partial charge is 0.170 e. The van der Waals surface area contributed by atoms with Crippen molar-refractivity contribution in [3.8, 4) is 0 Å². The van der Waals surface area contributed by atoms with Crippen LogP contribution in [-0.2, 0) is 9.47 Å². The van der Waals surface area contributed by atoms with Crippen LogP contribution in [0.2, 0.25) is 0 Å². The van der Waals surface area contributed by atoms with Crippen LogP contribution in [0.3, 0.4) is 0 Å². The number of hydrogen-bond acceptors (Lipinski definition) is 3. The topological polar surface area (TPSA) is 30.8 Å². The van der Waals surface area contributed by atoms with Crippen molar-refractivity contribution in [1.29, 1.82) is 0 Å². The molecule has 0 aromatic rings. The molecular formula is C18H31NO2. The maximum absolute atomic E-state index is 5.64. The summed E-state index contributed by atoms with van der Waals surface area (Å²) < 4.78 is 10.9. The van der Waals surface area contributed by atoms with Gasteiger partial charge < -0.3 is 9.47 Å². The fourth-order valence-electron chi connectivity index (χ4n) is 4.25. The molecule has 3 fully saturated rings. The summed E-state index contributed by atoms with van der Waals surface area (Å²) in [5.74, 6) is 2.01. The Morgan fingerprint density at radius 1 is 0.905 bits per heavy atom. The van der Waals surface area contributed by atoms with E-state index >= 15 is 0 Å². The Labute approximate surface area is 129 Å². The van der Waals surface area contributed by atoms with E-state index in [0.29, 0.717) is 6.04 Å². The maximum Gasteiger partial charge on any atom is 0.170 e. The van der Waals surface area contributed by atoms with E-state index in [1.54, 1.807) is 6.40 Å². The van der Waals surface area contributed by atoms with E-state index in [0.717, 1.165) is 31.5 Å². The molecule has 3 heteroatoms. The van der Waals surface area contributed by atoms with Gasteiger partial charge in [0.05, 0.1) is 19.3 Å². The highest BCUT2D eigenvalue weighted by Crippen LogP contribution is 2.35. The Morgan fingerprint density at radius 2 is 1.67 bits per heavy atom. The van der Waals surface area contributed by atoms with E-state index in [2.05, 4.69) is 4.99 Å². The molecule has 1 saturated heterocycles. The van der Waals surface area contributed by atoms with E-state index in [1.165, 1.54) is 64.2 Å². The molecule has 3 nitrogen and oxygen atoms in total. The maximum atomic E-state index is 5.64. The zero-order valence-corrected chi connectivity index (χ0v) is 13.3. The van der Waals surface area contributed by atoms with Gasteiger partial charge in [0.1, 0.15) is 6.10 Å². The van der Waals surface area contributed by atoms with Gasteiger partial charge in [-0.1, -0.05) is 32.1 Å². The molecule has 1 aliphatic heterocycles. The van der Waals surface area contributed by atoms with Crippen LogP contribution in [0.15, 0.2) is 4.99 Å². The predicted octanol–water partition coefficient (Wildman–Crippen LogP) is 4.35. The van der Waals surface area contributed by atoms with Gasteiger partial charge in [0.25, 0.3) is 0 Å². The summed E-state index contributed by atoms with van der Waals surface area (Å²) in [6.45, 7) is 1.57. The molecule has 0 aromatic heterocycles. The lowest BCUT2D eigenvalue weighted by atomic mass is 9.77. The summed E-state index contributed by atoms with van der Waals surface area (Å²) in [6, 6.07) is 0.509.